The van der Waals surface area contributed by atoms with E-state index in [-0.39, 0.29) is 25.3 Å². The minimum Gasteiger partial charge on any atom is -0.393 e. The number of halogens is 4. The van der Waals surface area contributed by atoms with Crippen molar-refractivity contribution in [1.29, 1.82) is 0 Å². The number of anilines is 1. The van der Waals surface area contributed by atoms with Crippen LogP contribution in [0.1, 0.15) is 12.5 Å². The highest BCUT2D eigenvalue weighted by Gasteiger charge is 2.38. The Balaban J connectivity index is 2.12. The minimum absolute atomic E-state index is 0.00793. The van der Waals surface area contributed by atoms with Gasteiger partial charge < -0.3 is 26.3 Å². The number of piperazine rings is 1. The van der Waals surface area contributed by atoms with Gasteiger partial charge in [0.2, 0.25) is 0 Å². The van der Waals surface area contributed by atoms with Gasteiger partial charge in [-0.3, -0.25) is 4.79 Å². The number of hydrazine groups is 1. The molecule has 1 aromatic rings. The molecule has 1 unspecified atom stereocenters. The number of nitrogens with one attached hydrogen (secondary N) is 2. The maximum absolute atomic E-state index is 13.3. The molecule has 1 aromatic carbocycles. The SMILES string of the molecule is Cc1cc(NC(=O)N2CCN(N)/C(=C(\N)C(=O)NC(C)C(F)(F)F)C2)ccc1F. The number of urea groups is 1. The summed E-state index contributed by atoms with van der Waals surface area (Å²) in [5.41, 5.74) is 5.90. The van der Waals surface area contributed by atoms with Crippen LogP contribution >= 0.6 is 0 Å². The molecule has 1 aliphatic rings. The zero-order valence-electron chi connectivity index (χ0n) is 15.8. The number of aryl methyl sites for hydroxylation is 1. The predicted octanol–water partition coefficient (Wildman–Crippen LogP) is 1.39. The summed E-state index contributed by atoms with van der Waals surface area (Å²) >= 11 is 0. The third-order valence-corrected chi connectivity index (χ3v) is 4.39. The van der Waals surface area contributed by atoms with E-state index in [0.717, 1.165) is 11.9 Å². The molecule has 1 aliphatic heterocycles. The Hall–Kier alpha value is -3.02. The first-order valence-electron chi connectivity index (χ1n) is 8.60. The maximum Gasteiger partial charge on any atom is 0.408 e. The second-order valence-electron chi connectivity index (χ2n) is 6.61. The van der Waals surface area contributed by atoms with Crippen molar-refractivity contribution in [1.82, 2.24) is 15.2 Å². The lowest BCUT2D eigenvalue weighted by molar-refractivity contribution is -0.156. The summed E-state index contributed by atoms with van der Waals surface area (Å²) < 4.78 is 51.2. The monoisotopic (exact) mass is 418 g/mol. The smallest absolute Gasteiger partial charge is 0.393 e. The second kappa shape index (κ2) is 8.55. The van der Waals surface area contributed by atoms with E-state index in [4.69, 9.17) is 11.6 Å². The lowest BCUT2D eigenvalue weighted by Gasteiger charge is -2.36. The fourth-order valence-electron chi connectivity index (χ4n) is 2.54. The largest absolute Gasteiger partial charge is 0.408 e. The molecule has 0 aliphatic carbocycles. The lowest BCUT2D eigenvalue weighted by atomic mass is 10.2. The summed E-state index contributed by atoms with van der Waals surface area (Å²) in [6.07, 6.45) is -4.63. The molecule has 1 fully saturated rings. The van der Waals surface area contributed by atoms with E-state index in [1.54, 1.807) is 12.2 Å². The minimum atomic E-state index is -4.63. The van der Waals surface area contributed by atoms with Crippen LogP contribution in [0.3, 0.4) is 0 Å². The quantitative estimate of drug-likeness (QED) is 0.336. The molecule has 0 aromatic heterocycles. The van der Waals surface area contributed by atoms with Crippen LogP contribution in [0.15, 0.2) is 29.6 Å². The fourth-order valence-corrected chi connectivity index (χ4v) is 2.54. The van der Waals surface area contributed by atoms with Crippen molar-refractivity contribution in [3.8, 4) is 0 Å². The molecule has 12 heteroatoms. The number of hydrogen-bond acceptors (Lipinski definition) is 5. The fraction of sp³-hybridized carbons (Fsp3) is 0.412. The summed E-state index contributed by atoms with van der Waals surface area (Å²) in [7, 11) is 0. The molecule has 6 N–H and O–H groups in total. The number of amides is 3. The summed E-state index contributed by atoms with van der Waals surface area (Å²) in [5, 5.41) is 5.44. The Morgan fingerprint density at radius 3 is 2.48 bits per heavy atom. The Bertz CT molecular complexity index is 827. The summed E-state index contributed by atoms with van der Waals surface area (Å²) in [5.74, 6) is 4.22. The molecule has 2 rings (SSSR count). The van der Waals surface area contributed by atoms with Gasteiger partial charge in [0.25, 0.3) is 5.91 Å². The topological polar surface area (TPSA) is 117 Å². The first kappa shape index (κ1) is 22.3. The van der Waals surface area contributed by atoms with E-state index < -0.39 is 35.7 Å². The molecule has 1 atom stereocenters. The second-order valence-corrected chi connectivity index (χ2v) is 6.61. The van der Waals surface area contributed by atoms with Crippen LogP contribution in [0.2, 0.25) is 0 Å². The molecule has 0 saturated carbocycles. The normalized spacial score (nSPS) is 17.6. The highest BCUT2D eigenvalue weighted by atomic mass is 19.4. The van der Waals surface area contributed by atoms with Crippen molar-refractivity contribution in [2.45, 2.75) is 26.1 Å². The van der Waals surface area contributed by atoms with E-state index >= 15 is 0 Å². The number of nitrogens with two attached hydrogens (primary N) is 2. The molecule has 0 radical (unpaired) electrons. The number of benzene rings is 1. The highest BCUT2D eigenvalue weighted by Crippen LogP contribution is 2.20. The molecule has 1 heterocycles. The Morgan fingerprint density at radius 1 is 1.24 bits per heavy atom. The van der Waals surface area contributed by atoms with Crippen molar-refractivity contribution in [2.75, 3.05) is 25.0 Å². The summed E-state index contributed by atoms with van der Waals surface area (Å²) in [6.45, 7) is 2.41. The molecule has 29 heavy (non-hydrogen) atoms. The lowest BCUT2D eigenvalue weighted by Crippen LogP contribution is -2.53. The Kier molecular flexibility index (Phi) is 6.57. The number of carbonyl (C=O) groups excluding carboxylic acids is 2. The Morgan fingerprint density at radius 2 is 1.90 bits per heavy atom. The molecular weight excluding hydrogens is 396 g/mol. The molecule has 8 nitrogen and oxygen atoms in total. The van der Waals surface area contributed by atoms with Gasteiger partial charge in [-0.25, -0.2) is 15.0 Å². The van der Waals surface area contributed by atoms with Gasteiger partial charge in [0.15, 0.2) is 0 Å². The van der Waals surface area contributed by atoms with Gasteiger partial charge in [-0.15, -0.1) is 0 Å². The zero-order valence-corrected chi connectivity index (χ0v) is 15.8. The van der Waals surface area contributed by atoms with Crippen LogP contribution in [0.25, 0.3) is 0 Å². The number of carbonyl (C=O) groups is 2. The molecule has 160 valence electrons. The number of alkyl halides is 3. The van der Waals surface area contributed by atoms with Crippen molar-refractivity contribution in [3.63, 3.8) is 0 Å². The zero-order chi connectivity index (χ0) is 21.9. The average molecular weight is 418 g/mol. The van der Waals surface area contributed by atoms with Crippen LogP contribution in [-0.4, -0.2) is 53.7 Å². The van der Waals surface area contributed by atoms with E-state index in [0.29, 0.717) is 11.3 Å². The van der Waals surface area contributed by atoms with Crippen LogP contribution in [0.5, 0.6) is 0 Å². The maximum atomic E-state index is 13.3. The molecular formula is C17H22F4N6O2. The van der Waals surface area contributed by atoms with Crippen LogP contribution in [0, 0.1) is 12.7 Å². The van der Waals surface area contributed by atoms with Gasteiger partial charge >= 0.3 is 12.2 Å². The number of hydrogen-bond donors (Lipinski definition) is 4. The van der Waals surface area contributed by atoms with Gasteiger partial charge in [0.05, 0.1) is 18.8 Å². The summed E-state index contributed by atoms with van der Waals surface area (Å²) in [6, 6.07) is 1.38. The average Bonchev–Trinajstić information content (AvgIpc) is 2.63. The summed E-state index contributed by atoms with van der Waals surface area (Å²) in [4.78, 5) is 25.8. The number of rotatable bonds is 3. The molecule has 0 spiro atoms. The Labute approximate surface area is 164 Å². The van der Waals surface area contributed by atoms with Gasteiger partial charge in [0, 0.05) is 12.2 Å². The molecule has 3 amide bonds. The molecule has 1 saturated heterocycles. The number of nitrogens with zero attached hydrogens (tertiary/aromatic N) is 2. The first-order valence-corrected chi connectivity index (χ1v) is 8.60. The predicted molar refractivity (Wildman–Crippen MR) is 97.5 cm³/mol. The third-order valence-electron chi connectivity index (χ3n) is 4.39. The van der Waals surface area contributed by atoms with Crippen molar-refractivity contribution in [2.24, 2.45) is 11.6 Å². The van der Waals surface area contributed by atoms with Gasteiger partial charge in [-0.2, -0.15) is 13.2 Å². The van der Waals surface area contributed by atoms with Gasteiger partial charge in [0.1, 0.15) is 17.6 Å². The molecule has 0 bridgehead atoms. The van der Waals surface area contributed by atoms with Crippen LogP contribution in [0.4, 0.5) is 28.0 Å². The van der Waals surface area contributed by atoms with E-state index in [1.807, 2.05) is 0 Å². The highest BCUT2D eigenvalue weighted by molar-refractivity contribution is 5.94. The van der Waals surface area contributed by atoms with Gasteiger partial charge in [-0.1, -0.05) is 0 Å². The van der Waals surface area contributed by atoms with Crippen molar-refractivity contribution in [3.05, 3.63) is 41.0 Å². The van der Waals surface area contributed by atoms with Crippen molar-refractivity contribution < 1.29 is 27.2 Å². The van der Waals surface area contributed by atoms with E-state index in [2.05, 4.69) is 5.32 Å². The van der Waals surface area contributed by atoms with Crippen molar-refractivity contribution >= 4 is 17.6 Å². The van der Waals surface area contributed by atoms with E-state index in [1.165, 1.54) is 23.1 Å². The third kappa shape index (κ3) is 5.50. The van der Waals surface area contributed by atoms with Gasteiger partial charge in [-0.05, 0) is 37.6 Å². The standard InChI is InChI=1S/C17H22F4N6O2/c1-9-7-11(3-4-12(9)18)25-16(29)26-5-6-27(23)13(8-26)14(22)15(28)24-10(2)17(19,20)21/h3-4,7,10H,5-6,8,22-23H2,1-2H3,(H,24,28)(H,25,29)/b14-13-. The van der Waals surface area contributed by atoms with Crippen LogP contribution < -0.4 is 22.2 Å². The van der Waals surface area contributed by atoms with Crippen LogP contribution in [-0.2, 0) is 4.79 Å². The van der Waals surface area contributed by atoms with E-state index in [9.17, 15) is 27.2 Å². The first-order chi connectivity index (χ1) is 13.4.